The molecule has 1 aliphatic rings. The molecule has 2 N–H and O–H groups in total. The van der Waals surface area contributed by atoms with Crippen molar-refractivity contribution in [1.82, 2.24) is 10.2 Å². The summed E-state index contributed by atoms with van der Waals surface area (Å²) in [6.07, 6.45) is 1.44. The lowest BCUT2D eigenvalue weighted by molar-refractivity contribution is -0.133. The van der Waals surface area contributed by atoms with Crippen molar-refractivity contribution < 1.29 is 19.1 Å². The smallest absolute Gasteiger partial charge is 0.325 e. The Morgan fingerprint density at radius 1 is 1.50 bits per heavy atom. The molecule has 1 saturated heterocycles. The van der Waals surface area contributed by atoms with E-state index in [-0.39, 0.29) is 6.54 Å². The summed E-state index contributed by atoms with van der Waals surface area (Å²) in [5.41, 5.74) is -2.34. The summed E-state index contributed by atoms with van der Waals surface area (Å²) >= 11 is 0. The summed E-state index contributed by atoms with van der Waals surface area (Å²) in [7, 11) is 0. The van der Waals surface area contributed by atoms with Gasteiger partial charge in [0, 0.05) is 0 Å². The summed E-state index contributed by atoms with van der Waals surface area (Å²) in [5.74, 6) is -0.0522. The molecule has 18 heavy (non-hydrogen) atoms. The van der Waals surface area contributed by atoms with E-state index in [0.717, 1.165) is 4.90 Å². The number of aliphatic hydroxyl groups is 1. The summed E-state index contributed by atoms with van der Waals surface area (Å²) in [6, 6.07) is 2.76. The number of carbonyl (C=O) groups is 2. The van der Waals surface area contributed by atoms with Gasteiger partial charge in [-0.15, -0.1) is 0 Å². The maximum atomic E-state index is 12.3. The normalized spacial score (nSPS) is 24.6. The number of urea groups is 1. The second-order valence-corrected chi connectivity index (χ2v) is 5.24. The van der Waals surface area contributed by atoms with Crippen LogP contribution in [0.5, 0.6) is 0 Å². The predicted octanol–water partition coefficient (Wildman–Crippen LogP) is 0.818. The van der Waals surface area contributed by atoms with Crippen LogP contribution in [0.2, 0.25) is 0 Å². The van der Waals surface area contributed by atoms with Crippen LogP contribution in [0.15, 0.2) is 22.8 Å². The Morgan fingerprint density at radius 2 is 2.17 bits per heavy atom. The lowest BCUT2D eigenvalue weighted by Gasteiger charge is -2.24. The maximum Gasteiger partial charge on any atom is 0.325 e. The topological polar surface area (TPSA) is 82.8 Å². The fourth-order valence-corrected chi connectivity index (χ4v) is 1.96. The zero-order chi connectivity index (χ0) is 13.6. The molecule has 3 amide bonds. The number of β-amino-alcohol motifs (C(OH)–C–C–N with tert-alkyl or cyclic N) is 1. The third kappa shape index (κ3) is 1.99. The van der Waals surface area contributed by atoms with E-state index in [2.05, 4.69) is 5.32 Å². The van der Waals surface area contributed by atoms with Crippen molar-refractivity contribution in [3.05, 3.63) is 24.2 Å². The average molecular weight is 252 g/mol. The summed E-state index contributed by atoms with van der Waals surface area (Å²) in [4.78, 5) is 25.1. The molecule has 1 aliphatic heterocycles. The highest BCUT2D eigenvalue weighted by Crippen LogP contribution is 2.29. The van der Waals surface area contributed by atoms with Crippen molar-refractivity contribution in [3.8, 4) is 0 Å². The standard InChI is InChI=1S/C12H16N2O4/c1-11(2,17)7-14-9(15)12(3,13-10(14)16)8-5-4-6-18-8/h4-6,17H,7H2,1-3H3,(H,13,16). The Labute approximate surface area is 105 Å². The van der Waals surface area contributed by atoms with E-state index in [0.29, 0.717) is 5.76 Å². The molecule has 6 heteroatoms. The molecule has 1 aromatic rings. The van der Waals surface area contributed by atoms with E-state index in [1.807, 2.05) is 0 Å². The first-order valence-electron chi connectivity index (χ1n) is 5.64. The number of carbonyl (C=O) groups excluding carboxylic acids is 2. The van der Waals surface area contributed by atoms with Gasteiger partial charge in [-0.3, -0.25) is 9.69 Å². The third-order valence-corrected chi connectivity index (χ3v) is 2.83. The summed E-state index contributed by atoms with van der Waals surface area (Å²) < 4.78 is 5.19. The zero-order valence-corrected chi connectivity index (χ0v) is 10.6. The Morgan fingerprint density at radius 3 is 2.67 bits per heavy atom. The quantitative estimate of drug-likeness (QED) is 0.780. The van der Waals surface area contributed by atoms with E-state index in [4.69, 9.17) is 4.42 Å². The number of rotatable bonds is 3. The van der Waals surface area contributed by atoms with E-state index in [1.54, 1.807) is 19.1 Å². The molecule has 2 rings (SSSR count). The van der Waals surface area contributed by atoms with Crippen molar-refractivity contribution in [2.24, 2.45) is 0 Å². The van der Waals surface area contributed by atoms with Crippen LogP contribution in [-0.4, -0.2) is 34.1 Å². The number of furan rings is 1. The van der Waals surface area contributed by atoms with Crippen LogP contribution < -0.4 is 5.32 Å². The first kappa shape index (κ1) is 12.6. The second-order valence-electron chi connectivity index (χ2n) is 5.24. The number of amides is 3. The maximum absolute atomic E-state index is 12.3. The first-order valence-corrected chi connectivity index (χ1v) is 5.64. The lowest BCUT2D eigenvalue weighted by atomic mass is 9.99. The molecular weight excluding hydrogens is 236 g/mol. The molecule has 0 spiro atoms. The van der Waals surface area contributed by atoms with Gasteiger partial charge in [0.25, 0.3) is 5.91 Å². The lowest BCUT2D eigenvalue weighted by Crippen LogP contribution is -2.44. The Bertz CT molecular complexity index is 475. The van der Waals surface area contributed by atoms with Gasteiger partial charge in [-0.2, -0.15) is 0 Å². The molecule has 0 saturated carbocycles. The largest absolute Gasteiger partial charge is 0.466 e. The summed E-state index contributed by atoms with van der Waals surface area (Å²) in [5, 5.41) is 12.3. The number of imide groups is 1. The van der Waals surface area contributed by atoms with Gasteiger partial charge in [-0.25, -0.2) is 4.79 Å². The number of hydrogen-bond acceptors (Lipinski definition) is 4. The monoisotopic (exact) mass is 252 g/mol. The minimum Gasteiger partial charge on any atom is -0.466 e. The van der Waals surface area contributed by atoms with E-state index >= 15 is 0 Å². The van der Waals surface area contributed by atoms with Gasteiger partial charge in [-0.05, 0) is 32.9 Å². The summed E-state index contributed by atoms with van der Waals surface area (Å²) in [6.45, 7) is 4.59. The predicted molar refractivity (Wildman–Crippen MR) is 62.6 cm³/mol. The number of nitrogens with zero attached hydrogens (tertiary/aromatic N) is 1. The highest BCUT2D eigenvalue weighted by Gasteiger charge is 2.51. The second kappa shape index (κ2) is 3.84. The highest BCUT2D eigenvalue weighted by atomic mass is 16.3. The van der Waals surface area contributed by atoms with Gasteiger partial charge >= 0.3 is 6.03 Å². The fourth-order valence-electron chi connectivity index (χ4n) is 1.96. The highest BCUT2D eigenvalue weighted by molar-refractivity contribution is 6.06. The molecule has 2 heterocycles. The average Bonchev–Trinajstić information content (AvgIpc) is 2.82. The molecule has 1 unspecified atom stereocenters. The van der Waals surface area contributed by atoms with Crippen molar-refractivity contribution >= 4 is 11.9 Å². The molecule has 0 bridgehead atoms. The molecule has 1 aromatic heterocycles. The van der Waals surface area contributed by atoms with Crippen LogP contribution in [0.1, 0.15) is 26.5 Å². The fraction of sp³-hybridized carbons (Fsp3) is 0.500. The Balaban J connectivity index is 2.29. The Hall–Kier alpha value is -1.82. The minimum absolute atomic E-state index is 0.0615. The zero-order valence-electron chi connectivity index (χ0n) is 10.6. The molecule has 0 radical (unpaired) electrons. The third-order valence-electron chi connectivity index (χ3n) is 2.83. The number of hydrogen-bond donors (Lipinski definition) is 2. The number of nitrogens with one attached hydrogen (secondary N) is 1. The molecular formula is C12H16N2O4. The van der Waals surface area contributed by atoms with Crippen LogP contribution in [0.3, 0.4) is 0 Å². The SMILES string of the molecule is CC(C)(O)CN1C(=O)NC(C)(c2ccco2)C1=O. The van der Waals surface area contributed by atoms with Gasteiger partial charge < -0.3 is 14.8 Å². The van der Waals surface area contributed by atoms with Crippen molar-refractivity contribution in [2.45, 2.75) is 31.9 Å². The van der Waals surface area contributed by atoms with Gasteiger partial charge in [0.05, 0.1) is 18.4 Å². The molecule has 0 aliphatic carbocycles. The van der Waals surface area contributed by atoms with Gasteiger partial charge in [0.2, 0.25) is 0 Å². The van der Waals surface area contributed by atoms with Crippen molar-refractivity contribution in [1.29, 1.82) is 0 Å². The van der Waals surface area contributed by atoms with Gasteiger partial charge in [0.15, 0.2) is 5.54 Å². The van der Waals surface area contributed by atoms with Gasteiger partial charge in [0.1, 0.15) is 5.76 Å². The Kier molecular flexibility index (Phi) is 2.70. The van der Waals surface area contributed by atoms with Crippen LogP contribution in [0, 0.1) is 0 Å². The molecule has 1 fully saturated rings. The minimum atomic E-state index is -1.20. The van der Waals surface area contributed by atoms with E-state index in [9.17, 15) is 14.7 Å². The van der Waals surface area contributed by atoms with E-state index < -0.39 is 23.1 Å². The van der Waals surface area contributed by atoms with Crippen LogP contribution in [0.25, 0.3) is 0 Å². The van der Waals surface area contributed by atoms with E-state index in [1.165, 1.54) is 20.1 Å². The van der Waals surface area contributed by atoms with Crippen LogP contribution in [-0.2, 0) is 10.3 Å². The molecule has 0 aromatic carbocycles. The van der Waals surface area contributed by atoms with Crippen molar-refractivity contribution in [3.63, 3.8) is 0 Å². The van der Waals surface area contributed by atoms with Crippen LogP contribution >= 0.6 is 0 Å². The molecule has 1 atom stereocenters. The first-order chi connectivity index (χ1) is 8.24. The van der Waals surface area contributed by atoms with Crippen molar-refractivity contribution in [2.75, 3.05) is 6.54 Å². The molecule has 98 valence electrons. The molecule has 6 nitrogen and oxygen atoms in total. The van der Waals surface area contributed by atoms with Gasteiger partial charge in [-0.1, -0.05) is 0 Å². The van der Waals surface area contributed by atoms with Crippen LogP contribution in [0.4, 0.5) is 4.79 Å².